The van der Waals surface area contributed by atoms with Gasteiger partial charge in [-0.2, -0.15) is 0 Å². The molecule has 0 saturated carbocycles. The second-order valence-corrected chi connectivity index (χ2v) is 16.4. The lowest BCUT2D eigenvalue weighted by molar-refractivity contribution is -0.141. The number of nitrogens with zero attached hydrogens (tertiary/aromatic N) is 1. The van der Waals surface area contributed by atoms with Crippen LogP contribution in [0.2, 0.25) is 0 Å². The van der Waals surface area contributed by atoms with Gasteiger partial charge in [0.1, 0.15) is 12.6 Å². The Kier molecular flexibility index (Phi) is 15.3. The fraction of sp³-hybridized carbons (Fsp3) is 0.489. The molecule has 3 amide bonds. The van der Waals surface area contributed by atoms with E-state index in [0.717, 1.165) is 29.5 Å². The number of likely N-dealkylation sites (tertiary alicyclic amines) is 1. The van der Waals surface area contributed by atoms with Crippen LogP contribution in [0.4, 0.5) is 4.79 Å². The Morgan fingerprint density at radius 1 is 0.818 bits per heavy atom. The summed E-state index contributed by atoms with van der Waals surface area (Å²) in [7, 11) is 0. The summed E-state index contributed by atoms with van der Waals surface area (Å²) in [5, 5.41) is 5.93. The quantitative estimate of drug-likeness (QED) is 0.0942. The predicted octanol–water partition coefficient (Wildman–Crippen LogP) is 8.88. The molecule has 1 aliphatic heterocycles. The molecule has 0 radical (unpaired) electrons. The van der Waals surface area contributed by atoms with Crippen LogP contribution in [0.15, 0.2) is 91.0 Å². The Balaban J connectivity index is 1.14. The van der Waals surface area contributed by atoms with Gasteiger partial charge in [0.05, 0.1) is 12.0 Å². The van der Waals surface area contributed by atoms with Crippen LogP contribution in [-0.4, -0.2) is 60.4 Å². The van der Waals surface area contributed by atoms with Gasteiger partial charge in [-0.3, -0.25) is 14.4 Å². The number of amides is 3. The minimum absolute atomic E-state index is 0.00672. The summed E-state index contributed by atoms with van der Waals surface area (Å²) < 4.78 is 5.68. The number of Topliss-reactive ketones (excluding diaryl/α,β-unsaturated/α-hetero) is 1. The van der Waals surface area contributed by atoms with Gasteiger partial charge in [-0.15, -0.1) is 0 Å². The van der Waals surface area contributed by atoms with Gasteiger partial charge in [0.2, 0.25) is 11.8 Å². The molecule has 2 N–H and O–H groups in total. The Hall–Kier alpha value is -4.72. The van der Waals surface area contributed by atoms with Gasteiger partial charge in [-0.05, 0) is 90.5 Å². The molecule has 0 bridgehead atoms. The van der Waals surface area contributed by atoms with Crippen molar-refractivity contribution in [3.05, 3.63) is 108 Å². The summed E-state index contributed by atoms with van der Waals surface area (Å²) in [5.74, 6) is 0.337. The average molecular weight is 748 g/mol. The Bertz CT molecular complexity index is 1720. The normalized spacial score (nSPS) is 16.9. The second-order valence-electron chi connectivity index (χ2n) is 16.4. The van der Waals surface area contributed by atoms with E-state index in [1.807, 2.05) is 74.5 Å². The van der Waals surface area contributed by atoms with Gasteiger partial charge in [-0.1, -0.05) is 126 Å². The molecule has 0 unspecified atom stereocenters. The molecule has 4 atom stereocenters. The van der Waals surface area contributed by atoms with Crippen molar-refractivity contribution < 1.29 is 23.9 Å². The first kappa shape index (κ1) is 41.4. The minimum atomic E-state index is -0.654. The average Bonchev–Trinajstić information content (AvgIpc) is 3.78. The SMILES string of the molecule is CC(C)CC(=O)[C@H](CCCCNC(=O)OCC1c2ccccc2-c2ccccc21)NC(=O)[C@@H]1CCCN1C(=O)[C@H](/C=C/[C@@H](C)CC(C)C)Cc1ccccc1. The lowest BCUT2D eigenvalue weighted by Gasteiger charge is -2.29. The van der Waals surface area contributed by atoms with E-state index in [4.69, 9.17) is 4.74 Å². The van der Waals surface area contributed by atoms with E-state index in [9.17, 15) is 19.2 Å². The number of carbonyl (C=O) groups excluding carboxylic acids is 4. The molecule has 8 heteroatoms. The van der Waals surface area contributed by atoms with E-state index in [0.29, 0.717) is 63.5 Å². The molecule has 5 rings (SSSR count). The van der Waals surface area contributed by atoms with Crippen molar-refractivity contribution in [2.24, 2.45) is 23.7 Å². The predicted molar refractivity (Wildman–Crippen MR) is 219 cm³/mol. The number of allylic oxidation sites excluding steroid dienone is 1. The molecule has 3 aromatic carbocycles. The topological polar surface area (TPSA) is 105 Å². The van der Waals surface area contributed by atoms with Crippen molar-refractivity contribution in [3.63, 3.8) is 0 Å². The van der Waals surface area contributed by atoms with Crippen molar-refractivity contribution in [2.75, 3.05) is 19.7 Å². The fourth-order valence-electron chi connectivity index (χ4n) is 8.21. The number of hydrogen-bond acceptors (Lipinski definition) is 5. The van der Waals surface area contributed by atoms with Gasteiger partial charge in [0, 0.05) is 25.4 Å². The van der Waals surface area contributed by atoms with Crippen LogP contribution >= 0.6 is 0 Å². The molecule has 294 valence electrons. The van der Waals surface area contributed by atoms with E-state index in [2.05, 4.69) is 61.7 Å². The highest BCUT2D eigenvalue weighted by molar-refractivity contribution is 5.94. The Labute approximate surface area is 328 Å². The highest BCUT2D eigenvalue weighted by atomic mass is 16.5. The summed E-state index contributed by atoms with van der Waals surface area (Å²) in [6, 6.07) is 25.2. The van der Waals surface area contributed by atoms with Crippen LogP contribution < -0.4 is 10.6 Å². The van der Waals surface area contributed by atoms with Crippen LogP contribution in [-0.2, 0) is 25.5 Å². The number of ether oxygens (including phenoxy) is 1. The molecule has 2 aliphatic rings. The number of hydrogen-bond donors (Lipinski definition) is 2. The summed E-state index contributed by atoms with van der Waals surface area (Å²) in [5.41, 5.74) is 5.77. The number of fused-ring (bicyclic) bond motifs is 3. The van der Waals surface area contributed by atoms with Gasteiger partial charge >= 0.3 is 6.09 Å². The first-order chi connectivity index (χ1) is 26.5. The highest BCUT2D eigenvalue weighted by Crippen LogP contribution is 2.44. The Morgan fingerprint density at radius 2 is 1.47 bits per heavy atom. The van der Waals surface area contributed by atoms with Gasteiger partial charge in [-0.25, -0.2) is 4.79 Å². The number of nitrogens with one attached hydrogen (secondary N) is 2. The van der Waals surface area contributed by atoms with Crippen molar-refractivity contribution in [1.82, 2.24) is 15.5 Å². The zero-order valence-electron chi connectivity index (χ0n) is 33.5. The lowest BCUT2D eigenvalue weighted by atomic mass is 9.93. The zero-order chi connectivity index (χ0) is 39.3. The second kappa shape index (κ2) is 20.3. The Morgan fingerprint density at radius 3 is 2.13 bits per heavy atom. The molecule has 55 heavy (non-hydrogen) atoms. The first-order valence-electron chi connectivity index (χ1n) is 20.5. The molecule has 0 spiro atoms. The van der Waals surface area contributed by atoms with Crippen LogP contribution in [0.25, 0.3) is 11.1 Å². The third-order valence-corrected chi connectivity index (χ3v) is 10.8. The molecule has 1 saturated heterocycles. The maximum Gasteiger partial charge on any atom is 0.407 e. The van der Waals surface area contributed by atoms with E-state index >= 15 is 0 Å². The van der Waals surface area contributed by atoms with Crippen molar-refractivity contribution in [2.45, 2.75) is 104 Å². The maximum atomic E-state index is 14.2. The fourth-order valence-corrected chi connectivity index (χ4v) is 8.21. The number of ketones is 1. The van der Waals surface area contributed by atoms with Crippen molar-refractivity contribution >= 4 is 23.7 Å². The summed E-state index contributed by atoms with van der Waals surface area (Å²) in [4.78, 5) is 55.9. The van der Waals surface area contributed by atoms with Gasteiger partial charge in [0.25, 0.3) is 0 Å². The number of rotatable bonds is 19. The van der Waals surface area contributed by atoms with E-state index < -0.39 is 18.2 Å². The van der Waals surface area contributed by atoms with Crippen LogP contribution in [0, 0.1) is 23.7 Å². The zero-order valence-corrected chi connectivity index (χ0v) is 33.5. The van der Waals surface area contributed by atoms with Crippen molar-refractivity contribution in [1.29, 1.82) is 0 Å². The third-order valence-electron chi connectivity index (χ3n) is 10.8. The van der Waals surface area contributed by atoms with Crippen LogP contribution in [0.5, 0.6) is 0 Å². The molecule has 0 aromatic heterocycles. The maximum absolute atomic E-state index is 14.2. The summed E-state index contributed by atoms with van der Waals surface area (Å²) in [6.07, 6.45) is 8.70. The summed E-state index contributed by atoms with van der Waals surface area (Å²) in [6.45, 7) is 11.7. The molecule has 1 aliphatic carbocycles. The number of benzene rings is 3. The molecule has 1 fully saturated rings. The monoisotopic (exact) mass is 747 g/mol. The van der Waals surface area contributed by atoms with E-state index in [1.165, 1.54) is 11.1 Å². The smallest absolute Gasteiger partial charge is 0.407 e. The highest BCUT2D eigenvalue weighted by Gasteiger charge is 2.38. The third kappa shape index (κ3) is 11.6. The summed E-state index contributed by atoms with van der Waals surface area (Å²) >= 11 is 0. The molecular formula is C47H61N3O5. The van der Waals surface area contributed by atoms with E-state index in [-0.39, 0.29) is 42.0 Å². The molecule has 1 heterocycles. The number of unbranched alkanes of at least 4 members (excludes halogenated alkanes) is 1. The lowest BCUT2D eigenvalue weighted by Crippen LogP contribution is -2.52. The number of alkyl carbamates (subject to hydrolysis) is 1. The van der Waals surface area contributed by atoms with Crippen LogP contribution in [0.1, 0.15) is 102 Å². The van der Waals surface area contributed by atoms with Crippen LogP contribution in [0.3, 0.4) is 0 Å². The van der Waals surface area contributed by atoms with E-state index in [1.54, 1.807) is 4.90 Å². The first-order valence-corrected chi connectivity index (χ1v) is 20.5. The molecule has 8 nitrogen and oxygen atoms in total. The van der Waals surface area contributed by atoms with Crippen molar-refractivity contribution in [3.8, 4) is 11.1 Å². The largest absolute Gasteiger partial charge is 0.449 e. The molecular weight excluding hydrogens is 687 g/mol. The standard InChI is InChI=1S/C47H61N3O5/c1-32(2)28-34(5)24-25-36(30-35-16-7-6-8-17-35)46(53)50-27-15-23-43(50)45(52)49-42(44(51)29-33(3)4)22-13-14-26-48-47(54)55-31-41-39-20-11-9-18-37(39)38-19-10-12-21-40(38)41/h6-12,16-21,24-25,32-34,36,41-43H,13-15,22-23,26-31H2,1-5H3,(H,48,54)(H,49,52)/b25-24+/t34-,36-,42+,43+/m1/s1. The minimum Gasteiger partial charge on any atom is -0.449 e. The molecule has 3 aromatic rings. The number of carbonyl (C=O) groups is 4. The van der Waals surface area contributed by atoms with Gasteiger partial charge in [0.15, 0.2) is 5.78 Å². The van der Waals surface area contributed by atoms with Gasteiger partial charge < -0.3 is 20.3 Å².